The summed E-state index contributed by atoms with van der Waals surface area (Å²) in [5.74, 6) is 0. The smallest absolute Gasteiger partial charge is 0.244 e. The Morgan fingerprint density at radius 2 is 2.00 bits per heavy atom. The van der Waals surface area contributed by atoms with E-state index in [1.54, 1.807) is 18.2 Å². The number of β-amino-alcohol motifs (C(OH)–C–C–N with tert-alkyl or cyclic N) is 1. The molecule has 1 heterocycles. The van der Waals surface area contributed by atoms with E-state index in [1.807, 2.05) is 11.0 Å². The number of para-hydroxylation sites is 1. The van der Waals surface area contributed by atoms with Crippen molar-refractivity contribution in [3.8, 4) is 0 Å². The number of benzene rings is 1. The minimum Gasteiger partial charge on any atom is -0.391 e. The average molecular weight is 270 g/mol. The van der Waals surface area contributed by atoms with Gasteiger partial charge in [0.1, 0.15) is 4.90 Å². The molecule has 0 saturated carbocycles. The molecule has 100 valence electrons. The number of anilines is 1. The van der Waals surface area contributed by atoms with Crippen LogP contribution in [0.15, 0.2) is 29.2 Å². The van der Waals surface area contributed by atoms with Gasteiger partial charge in [0.2, 0.25) is 10.0 Å². The van der Waals surface area contributed by atoms with Gasteiger partial charge in [0.05, 0.1) is 11.8 Å². The molecule has 0 spiro atoms. The fraction of sp³-hybridized carbons (Fsp3) is 0.500. The zero-order valence-corrected chi connectivity index (χ0v) is 11.4. The first-order valence-electron chi connectivity index (χ1n) is 5.87. The molecule has 1 aromatic rings. The highest BCUT2D eigenvalue weighted by Crippen LogP contribution is 2.29. The third-order valence-electron chi connectivity index (χ3n) is 3.13. The van der Waals surface area contributed by atoms with E-state index < -0.39 is 10.0 Å². The van der Waals surface area contributed by atoms with Crippen molar-refractivity contribution < 1.29 is 13.5 Å². The van der Waals surface area contributed by atoms with Crippen LogP contribution in [0.4, 0.5) is 5.69 Å². The summed E-state index contributed by atoms with van der Waals surface area (Å²) in [7, 11) is -0.415. The summed E-state index contributed by atoms with van der Waals surface area (Å²) in [6.45, 7) is 1.17. The van der Waals surface area contributed by atoms with Gasteiger partial charge >= 0.3 is 0 Å². The zero-order chi connectivity index (χ0) is 13.3. The maximum atomic E-state index is 12.2. The summed E-state index contributed by atoms with van der Waals surface area (Å²) in [6.07, 6.45) is 0.302. The highest BCUT2D eigenvalue weighted by Gasteiger charge is 2.27. The molecule has 6 heteroatoms. The molecule has 0 radical (unpaired) electrons. The third kappa shape index (κ3) is 2.36. The molecular weight excluding hydrogens is 252 g/mol. The van der Waals surface area contributed by atoms with Gasteiger partial charge in [-0.25, -0.2) is 12.7 Å². The van der Waals surface area contributed by atoms with Crippen LogP contribution in [-0.2, 0) is 10.0 Å². The van der Waals surface area contributed by atoms with E-state index in [0.717, 1.165) is 0 Å². The Hall–Kier alpha value is -1.11. The van der Waals surface area contributed by atoms with Crippen molar-refractivity contribution in [3.63, 3.8) is 0 Å². The molecule has 1 aromatic carbocycles. The molecule has 1 aliphatic rings. The van der Waals surface area contributed by atoms with E-state index in [-0.39, 0.29) is 6.10 Å². The van der Waals surface area contributed by atoms with Crippen LogP contribution in [0.2, 0.25) is 0 Å². The molecule has 2 rings (SSSR count). The number of rotatable bonds is 3. The fourth-order valence-corrected chi connectivity index (χ4v) is 3.20. The first-order valence-corrected chi connectivity index (χ1v) is 7.31. The number of aliphatic hydroxyl groups is 1. The van der Waals surface area contributed by atoms with Crippen molar-refractivity contribution in [2.75, 3.05) is 32.1 Å². The lowest BCUT2D eigenvalue weighted by molar-refractivity contribution is 0.198. The van der Waals surface area contributed by atoms with E-state index in [4.69, 9.17) is 0 Å². The highest BCUT2D eigenvalue weighted by atomic mass is 32.2. The molecule has 1 aliphatic heterocycles. The van der Waals surface area contributed by atoms with Gasteiger partial charge in [0.25, 0.3) is 0 Å². The van der Waals surface area contributed by atoms with Crippen molar-refractivity contribution in [2.24, 2.45) is 0 Å². The molecule has 1 N–H and O–H groups in total. The van der Waals surface area contributed by atoms with E-state index >= 15 is 0 Å². The molecule has 1 saturated heterocycles. The van der Waals surface area contributed by atoms with Crippen LogP contribution in [0.5, 0.6) is 0 Å². The van der Waals surface area contributed by atoms with Crippen LogP contribution >= 0.6 is 0 Å². The summed E-state index contributed by atoms with van der Waals surface area (Å²) in [6, 6.07) is 6.92. The van der Waals surface area contributed by atoms with Gasteiger partial charge in [-0.05, 0) is 18.6 Å². The Morgan fingerprint density at radius 1 is 1.33 bits per heavy atom. The van der Waals surface area contributed by atoms with E-state index in [0.29, 0.717) is 30.1 Å². The van der Waals surface area contributed by atoms with Crippen LogP contribution in [0.25, 0.3) is 0 Å². The first-order chi connectivity index (χ1) is 8.43. The van der Waals surface area contributed by atoms with Crippen molar-refractivity contribution in [1.29, 1.82) is 0 Å². The van der Waals surface area contributed by atoms with E-state index in [9.17, 15) is 13.5 Å². The van der Waals surface area contributed by atoms with Gasteiger partial charge in [-0.3, -0.25) is 0 Å². The molecule has 0 bridgehead atoms. The second-order valence-corrected chi connectivity index (χ2v) is 6.76. The Balaban J connectivity index is 2.44. The quantitative estimate of drug-likeness (QED) is 0.869. The molecule has 1 fully saturated rings. The van der Waals surface area contributed by atoms with Crippen LogP contribution in [0.1, 0.15) is 6.42 Å². The molecule has 0 aromatic heterocycles. The van der Waals surface area contributed by atoms with Crippen LogP contribution in [-0.4, -0.2) is 51.1 Å². The maximum Gasteiger partial charge on any atom is 0.244 e. The van der Waals surface area contributed by atoms with Crippen molar-refractivity contribution in [2.45, 2.75) is 17.4 Å². The highest BCUT2D eigenvalue weighted by molar-refractivity contribution is 7.89. The van der Waals surface area contributed by atoms with Crippen LogP contribution < -0.4 is 4.90 Å². The van der Waals surface area contributed by atoms with Crippen LogP contribution in [0, 0.1) is 0 Å². The third-order valence-corrected chi connectivity index (χ3v) is 4.99. The van der Waals surface area contributed by atoms with Crippen molar-refractivity contribution in [1.82, 2.24) is 4.31 Å². The summed E-state index contributed by atoms with van der Waals surface area (Å²) in [5.41, 5.74) is 0.669. The predicted octanol–water partition coefficient (Wildman–Crippen LogP) is 0.508. The minimum absolute atomic E-state index is 0.295. The zero-order valence-electron chi connectivity index (χ0n) is 10.6. The largest absolute Gasteiger partial charge is 0.391 e. The molecular formula is C12H18N2O3S. The Labute approximate surface area is 108 Å². The monoisotopic (exact) mass is 270 g/mol. The summed E-state index contributed by atoms with van der Waals surface area (Å²) in [4.78, 5) is 2.21. The lowest BCUT2D eigenvalue weighted by atomic mass is 10.3. The summed E-state index contributed by atoms with van der Waals surface area (Å²) in [5, 5.41) is 9.56. The number of hydrogen-bond donors (Lipinski definition) is 1. The van der Waals surface area contributed by atoms with Crippen LogP contribution in [0.3, 0.4) is 0 Å². The van der Waals surface area contributed by atoms with Gasteiger partial charge in [-0.15, -0.1) is 0 Å². The topological polar surface area (TPSA) is 60.9 Å². The summed E-state index contributed by atoms with van der Waals surface area (Å²) >= 11 is 0. The number of sulfonamides is 1. The predicted molar refractivity (Wildman–Crippen MR) is 70.2 cm³/mol. The van der Waals surface area contributed by atoms with Gasteiger partial charge in [-0.2, -0.15) is 0 Å². The number of nitrogens with zero attached hydrogens (tertiary/aromatic N) is 2. The first kappa shape index (κ1) is 13.3. The molecule has 18 heavy (non-hydrogen) atoms. The van der Waals surface area contributed by atoms with Gasteiger partial charge in [0.15, 0.2) is 0 Å². The van der Waals surface area contributed by atoms with Crippen molar-refractivity contribution >= 4 is 15.7 Å². The SMILES string of the molecule is CN(C)S(=O)(=O)c1ccccc1N1CC[C@@H](O)C1. The second-order valence-electron chi connectivity index (χ2n) is 4.64. The number of aliphatic hydroxyl groups excluding tert-OH is 1. The van der Waals surface area contributed by atoms with E-state index in [1.165, 1.54) is 18.4 Å². The molecule has 0 unspecified atom stereocenters. The average Bonchev–Trinajstić information content (AvgIpc) is 2.75. The Kier molecular flexibility index (Phi) is 3.61. The Morgan fingerprint density at radius 3 is 2.56 bits per heavy atom. The summed E-state index contributed by atoms with van der Waals surface area (Å²) < 4.78 is 25.7. The number of hydrogen-bond acceptors (Lipinski definition) is 4. The normalized spacial score (nSPS) is 20.7. The van der Waals surface area contributed by atoms with Gasteiger partial charge in [-0.1, -0.05) is 12.1 Å². The fourth-order valence-electron chi connectivity index (χ4n) is 2.09. The lowest BCUT2D eigenvalue weighted by Gasteiger charge is -2.22. The standard InChI is InChI=1S/C12H18N2O3S/c1-13(2)18(16,17)12-6-4-3-5-11(12)14-8-7-10(15)9-14/h3-6,10,15H,7-9H2,1-2H3/t10-/m1/s1. The van der Waals surface area contributed by atoms with Gasteiger partial charge in [0, 0.05) is 27.2 Å². The van der Waals surface area contributed by atoms with E-state index in [2.05, 4.69) is 0 Å². The van der Waals surface area contributed by atoms with Gasteiger partial charge < -0.3 is 10.0 Å². The minimum atomic E-state index is -3.45. The molecule has 0 aliphatic carbocycles. The molecule has 1 atom stereocenters. The Bertz CT molecular complexity index is 528. The lowest BCUT2D eigenvalue weighted by Crippen LogP contribution is -2.27. The maximum absolute atomic E-state index is 12.2. The molecule has 5 nitrogen and oxygen atoms in total. The molecule has 0 amide bonds. The van der Waals surface area contributed by atoms with Crippen molar-refractivity contribution in [3.05, 3.63) is 24.3 Å². The second kappa shape index (κ2) is 4.87.